The predicted octanol–water partition coefficient (Wildman–Crippen LogP) is 1.12. The highest BCUT2D eigenvalue weighted by atomic mass is 32.2. The summed E-state index contributed by atoms with van der Waals surface area (Å²) in [5.74, 6) is 0.139. The first-order chi connectivity index (χ1) is 7.24. The fourth-order valence-corrected chi connectivity index (χ4v) is 1.69. The molecule has 2 N–H and O–H groups in total. The number of phenols is 1. The summed E-state index contributed by atoms with van der Waals surface area (Å²) >= 11 is 1.23. The standard InChI is InChI=1S/C10H10N2O2S/c11-5-6-12-10(14)7-15-9-4-2-1-3-8(9)13/h1-4,13H,6-7H2,(H,12,14). The van der Waals surface area contributed by atoms with Gasteiger partial charge in [0.1, 0.15) is 12.3 Å². The Kier molecular flexibility index (Phi) is 4.51. The van der Waals surface area contributed by atoms with Crippen molar-refractivity contribution in [1.29, 1.82) is 5.26 Å². The number of amides is 1. The summed E-state index contributed by atoms with van der Waals surface area (Å²) in [6.45, 7) is 0.0141. The van der Waals surface area contributed by atoms with Gasteiger partial charge in [-0.1, -0.05) is 12.1 Å². The van der Waals surface area contributed by atoms with Crippen LogP contribution in [0.3, 0.4) is 0 Å². The second-order valence-electron chi connectivity index (χ2n) is 2.69. The van der Waals surface area contributed by atoms with E-state index in [1.165, 1.54) is 11.8 Å². The molecule has 0 saturated carbocycles. The Hall–Kier alpha value is -1.67. The number of hydrogen-bond donors (Lipinski definition) is 2. The van der Waals surface area contributed by atoms with Gasteiger partial charge in [0.25, 0.3) is 0 Å². The summed E-state index contributed by atoms with van der Waals surface area (Å²) in [7, 11) is 0. The molecular formula is C10H10N2O2S. The highest BCUT2D eigenvalue weighted by molar-refractivity contribution is 8.00. The molecule has 1 aromatic carbocycles. The average molecular weight is 222 g/mol. The lowest BCUT2D eigenvalue weighted by atomic mass is 10.3. The third kappa shape index (κ3) is 3.92. The Morgan fingerprint density at radius 1 is 1.53 bits per heavy atom. The van der Waals surface area contributed by atoms with Gasteiger partial charge in [-0.05, 0) is 12.1 Å². The minimum atomic E-state index is -0.218. The van der Waals surface area contributed by atoms with Crippen LogP contribution < -0.4 is 5.32 Å². The van der Waals surface area contributed by atoms with E-state index in [2.05, 4.69) is 5.32 Å². The van der Waals surface area contributed by atoms with Crippen LogP contribution in [0.25, 0.3) is 0 Å². The summed E-state index contributed by atoms with van der Waals surface area (Å²) in [6, 6.07) is 8.62. The first-order valence-corrected chi connectivity index (χ1v) is 5.27. The van der Waals surface area contributed by atoms with Crippen molar-refractivity contribution >= 4 is 17.7 Å². The molecule has 0 heterocycles. The lowest BCUT2D eigenvalue weighted by molar-refractivity contribution is -0.118. The predicted molar refractivity (Wildman–Crippen MR) is 57.5 cm³/mol. The largest absolute Gasteiger partial charge is 0.507 e. The fraction of sp³-hybridized carbons (Fsp3) is 0.200. The number of nitrogens with zero attached hydrogens (tertiary/aromatic N) is 1. The number of nitriles is 1. The molecule has 0 aliphatic heterocycles. The van der Waals surface area contributed by atoms with E-state index >= 15 is 0 Å². The van der Waals surface area contributed by atoms with Crippen LogP contribution in [0.4, 0.5) is 0 Å². The molecule has 0 unspecified atom stereocenters. The smallest absolute Gasteiger partial charge is 0.231 e. The molecule has 78 valence electrons. The van der Waals surface area contributed by atoms with Crippen molar-refractivity contribution < 1.29 is 9.90 Å². The lowest BCUT2D eigenvalue weighted by Crippen LogP contribution is -2.25. The number of thioether (sulfide) groups is 1. The summed E-state index contributed by atoms with van der Waals surface area (Å²) in [5, 5.41) is 20.0. The number of benzene rings is 1. The van der Waals surface area contributed by atoms with Gasteiger partial charge in [0.05, 0.1) is 11.8 Å². The molecule has 0 radical (unpaired) electrons. The van der Waals surface area contributed by atoms with Crippen molar-refractivity contribution in [2.75, 3.05) is 12.3 Å². The van der Waals surface area contributed by atoms with E-state index in [4.69, 9.17) is 5.26 Å². The molecule has 1 rings (SSSR count). The molecule has 1 aromatic rings. The van der Waals surface area contributed by atoms with Gasteiger partial charge in [-0.3, -0.25) is 4.79 Å². The number of rotatable bonds is 4. The Morgan fingerprint density at radius 3 is 2.93 bits per heavy atom. The number of phenolic OH excluding ortho intramolecular Hbond substituents is 1. The number of nitrogens with one attached hydrogen (secondary N) is 1. The Balaban J connectivity index is 2.41. The van der Waals surface area contributed by atoms with Gasteiger partial charge in [0, 0.05) is 4.90 Å². The van der Waals surface area contributed by atoms with Gasteiger partial charge in [-0.15, -0.1) is 11.8 Å². The minimum absolute atomic E-state index is 0.0141. The second kappa shape index (κ2) is 5.94. The van der Waals surface area contributed by atoms with E-state index in [1.807, 2.05) is 6.07 Å². The number of para-hydroxylation sites is 1. The maximum absolute atomic E-state index is 11.1. The van der Waals surface area contributed by atoms with Crippen LogP contribution in [0.5, 0.6) is 5.75 Å². The zero-order valence-corrected chi connectivity index (χ0v) is 8.75. The van der Waals surface area contributed by atoms with Crippen molar-refractivity contribution in [3.05, 3.63) is 24.3 Å². The molecule has 15 heavy (non-hydrogen) atoms. The van der Waals surface area contributed by atoms with Crippen molar-refractivity contribution in [2.45, 2.75) is 4.90 Å². The van der Waals surface area contributed by atoms with E-state index in [1.54, 1.807) is 24.3 Å². The molecule has 0 aliphatic rings. The van der Waals surface area contributed by atoms with E-state index in [0.29, 0.717) is 4.90 Å². The van der Waals surface area contributed by atoms with Gasteiger partial charge in [-0.25, -0.2) is 0 Å². The Morgan fingerprint density at radius 2 is 2.27 bits per heavy atom. The molecule has 0 aliphatic carbocycles. The normalized spacial score (nSPS) is 9.27. The van der Waals surface area contributed by atoms with Gasteiger partial charge < -0.3 is 10.4 Å². The molecule has 0 aromatic heterocycles. The maximum atomic E-state index is 11.1. The van der Waals surface area contributed by atoms with Crippen molar-refractivity contribution in [2.24, 2.45) is 0 Å². The van der Waals surface area contributed by atoms with Crippen LogP contribution in [0.15, 0.2) is 29.2 Å². The third-order valence-corrected chi connectivity index (χ3v) is 2.65. The zero-order chi connectivity index (χ0) is 11.1. The maximum Gasteiger partial charge on any atom is 0.231 e. The summed E-state index contributed by atoms with van der Waals surface area (Å²) in [4.78, 5) is 11.8. The first kappa shape index (κ1) is 11.4. The monoisotopic (exact) mass is 222 g/mol. The van der Waals surface area contributed by atoms with Gasteiger partial charge in [0.2, 0.25) is 5.91 Å². The average Bonchev–Trinajstić information content (AvgIpc) is 2.25. The van der Waals surface area contributed by atoms with E-state index in [-0.39, 0.29) is 24.0 Å². The molecule has 0 fully saturated rings. The Bertz CT molecular complexity index is 387. The quantitative estimate of drug-likeness (QED) is 0.591. The molecule has 4 nitrogen and oxygen atoms in total. The molecule has 0 saturated heterocycles. The number of carbonyl (C=O) groups is 1. The van der Waals surface area contributed by atoms with Crippen LogP contribution in [-0.2, 0) is 4.79 Å². The van der Waals surface area contributed by atoms with Crippen molar-refractivity contribution in [1.82, 2.24) is 5.32 Å². The van der Waals surface area contributed by atoms with E-state index < -0.39 is 0 Å². The van der Waals surface area contributed by atoms with Gasteiger partial charge in [0.15, 0.2) is 0 Å². The van der Waals surface area contributed by atoms with Crippen LogP contribution >= 0.6 is 11.8 Å². The van der Waals surface area contributed by atoms with E-state index in [9.17, 15) is 9.90 Å². The third-order valence-electron chi connectivity index (χ3n) is 1.59. The van der Waals surface area contributed by atoms with Crippen molar-refractivity contribution in [3.8, 4) is 11.8 Å². The number of carbonyl (C=O) groups excluding carboxylic acids is 1. The molecule has 5 heteroatoms. The SMILES string of the molecule is N#CCNC(=O)CSc1ccccc1O. The van der Waals surface area contributed by atoms with E-state index in [0.717, 1.165) is 0 Å². The molecule has 0 bridgehead atoms. The molecule has 1 amide bonds. The first-order valence-electron chi connectivity index (χ1n) is 4.28. The van der Waals surface area contributed by atoms with Crippen LogP contribution in [0.1, 0.15) is 0 Å². The molecular weight excluding hydrogens is 212 g/mol. The summed E-state index contributed by atoms with van der Waals surface area (Å²) in [5.41, 5.74) is 0. The number of aromatic hydroxyl groups is 1. The van der Waals surface area contributed by atoms with Gasteiger partial charge in [-0.2, -0.15) is 5.26 Å². The minimum Gasteiger partial charge on any atom is -0.507 e. The molecule has 0 spiro atoms. The van der Waals surface area contributed by atoms with Crippen LogP contribution in [-0.4, -0.2) is 23.3 Å². The zero-order valence-electron chi connectivity index (χ0n) is 7.93. The number of hydrogen-bond acceptors (Lipinski definition) is 4. The highest BCUT2D eigenvalue weighted by Crippen LogP contribution is 2.27. The lowest BCUT2D eigenvalue weighted by Gasteiger charge is -2.03. The second-order valence-corrected chi connectivity index (χ2v) is 3.71. The topological polar surface area (TPSA) is 73.1 Å². The van der Waals surface area contributed by atoms with Crippen LogP contribution in [0.2, 0.25) is 0 Å². The Labute approximate surface area is 91.9 Å². The highest BCUT2D eigenvalue weighted by Gasteiger charge is 2.04. The summed E-state index contributed by atoms with van der Waals surface area (Å²) < 4.78 is 0. The van der Waals surface area contributed by atoms with Crippen LogP contribution in [0, 0.1) is 11.3 Å². The van der Waals surface area contributed by atoms with Crippen molar-refractivity contribution in [3.63, 3.8) is 0 Å². The van der Waals surface area contributed by atoms with Gasteiger partial charge >= 0.3 is 0 Å². The molecule has 0 atom stereocenters. The fourth-order valence-electron chi connectivity index (χ4n) is 0.912. The summed E-state index contributed by atoms with van der Waals surface area (Å²) in [6.07, 6.45) is 0.